The maximum atomic E-state index is 12.2. The normalized spacial score (nSPS) is 10.6. The minimum atomic E-state index is -0.506. The van der Waals surface area contributed by atoms with Crippen molar-refractivity contribution in [2.45, 2.75) is 0 Å². The van der Waals surface area contributed by atoms with E-state index in [1.165, 1.54) is 6.07 Å². The van der Waals surface area contributed by atoms with E-state index in [0.717, 1.165) is 10.8 Å². The average Bonchev–Trinajstić information content (AvgIpc) is 2.47. The van der Waals surface area contributed by atoms with Crippen LogP contribution in [0.15, 0.2) is 60.7 Å². The molecule has 0 N–H and O–H groups in total. The highest BCUT2D eigenvalue weighted by Gasteiger charge is 2.14. The third-order valence-electron chi connectivity index (χ3n) is 3.10. The van der Waals surface area contributed by atoms with Gasteiger partial charge in [0.15, 0.2) is 0 Å². The lowest BCUT2D eigenvalue weighted by Gasteiger charge is -2.08. The van der Waals surface area contributed by atoms with Gasteiger partial charge < -0.3 is 4.74 Å². The molecule has 0 heterocycles. The topological polar surface area (TPSA) is 26.3 Å². The van der Waals surface area contributed by atoms with Crippen molar-refractivity contribution in [3.05, 3.63) is 76.3 Å². The number of esters is 1. The third kappa shape index (κ3) is 2.87. The molecule has 2 nitrogen and oxygen atoms in total. The number of hydrogen-bond donors (Lipinski definition) is 0. The first kappa shape index (κ1) is 13.9. The molecule has 0 saturated heterocycles. The molecule has 0 atom stereocenters. The second-order valence-corrected chi connectivity index (χ2v) is 5.33. The number of halogens is 2. The first-order valence-electron chi connectivity index (χ1n) is 6.30. The van der Waals surface area contributed by atoms with Gasteiger partial charge >= 0.3 is 5.97 Å². The van der Waals surface area contributed by atoms with Crippen molar-refractivity contribution < 1.29 is 9.53 Å². The first-order chi connectivity index (χ1) is 10.1. The summed E-state index contributed by atoms with van der Waals surface area (Å²) in [6, 6.07) is 17.9. The molecule has 3 aromatic carbocycles. The van der Waals surface area contributed by atoms with E-state index in [-0.39, 0.29) is 10.6 Å². The summed E-state index contributed by atoms with van der Waals surface area (Å²) in [4.78, 5) is 12.2. The molecule has 0 radical (unpaired) electrons. The molecule has 0 spiro atoms. The van der Waals surface area contributed by atoms with Crippen LogP contribution in [-0.2, 0) is 0 Å². The Bertz CT molecular complexity index is 823. The summed E-state index contributed by atoms with van der Waals surface area (Å²) in [6.07, 6.45) is 0. The van der Waals surface area contributed by atoms with Crippen LogP contribution in [0.2, 0.25) is 10.0 Å². The van der Waals surface area contributed by atoms with E-state index in [4.69, 9.17) is 27.9 Å². The summed E-state index contributed by atoms with van der Waals surface area (Å²) in [5.74, 6) is -0.00265. The van der Waals surface area contributed by atoms with E-state index < -0.39 is 5.97 Å². The predicted octanol–water partition coefficient (Wildman–Crippen LogP) is 5.37. The van der Waals surface area contributed by atoms with Gasteiger partial charge in [0.05, 0.1) is 10.6 Å². The van der Waals surface area contributed by atoms with E-state index in [1.54, 1.807) is 18.2 Å². The minimum absolute atomic E-state index is 0.271. The Morgan fingerprint density at radius 2 is 1.67 bits per heavy atom. The lowest BCUT2D eigenvalue weighted by Crippen LogP contribution is -2.09. The standard InChI is InChI=1S/C17H10Cl2O2/c18-12-8-9-14(15(19)10-12)17(20)21-16-7-3-5-11-4-1-2-6-13(11)16/h1-10H. The molecule has 0 saturated carbocycles. The zero-order chi connectivity index (χ0) is 14.8. The van der Waals surface area contributed by atoms with Crippen LogP contribution in [0.3, 0.4) is 0 Å². The minimum Gasteiger partial charge on any atom is -0.422 e. The molecule has 0 bridgehead atoms. The molecule has 3 rings (SSSR count). The Labute approximate surface area is 131 Å². The van der Waals surface area contributed by atoms with Gasteiger partial charge in [0.2, 0.25) is 0 Å². The summed E-state index contributed by atoms with van der Waals surface area (Å²) < 4.78 is 5.47. The Kier molecular flexibility index (Phi) is 3.82. The molecule has 0 aliphatic heterocycles. The van der Waals surface area contributed by atoms with Crippen molar-refractivity contribution in [1.82, 2.24) is 0 Å². The van der Waals surface area contributed by atoms with Crippen LogP contribution in [-0.4, -0.2) is 5.97 Å². The fourth-order valence-corrected chi connectivity index (χ4v) is 2.58. The van der Waals surface area contributed by atoms with Gasteiger partial charge in [-0.05, 0) is 29.7 Å². The fourth-order valence-electron chi connectivity index (χ4n) is 2.09. The van der Waals surface area contributed by atoms with Crippen molar-refractivity contribution in [3.8, 4) is 5.75 Å². The molecule has 0 aromatic heterocycles. The number of hydrogen-bond acceptors (Lipinski definition) is 2. The van der Waals surface area contributed by atoms with Crippen molar-refractivity contribution >= 4 is 39.9 Å². The Balaban J connectivity index is 1.97. The van der Waals surface area contributed by atoms with E-state index in [0.29, 0.717) is 10.8 Å². The zero-order valence-corrected chi connectivity index (χ0v) is 12.4. The zero-order valence-electron chi connectivity index (χ0n) is 10.8. The highest BCUT2D eigenvalue weighted by atomic mass is 35.5. The van der Waals surface area contributed by atoms with Crippen molar-refractivity contribution in [1.29, 1.82) is 0 Å². The van der Waals surface area contributed by atoms with E-state index in [9.17, 15) is 4.79 Å². The average molecular weight is 317 g/mol. The number of fused-ring (bicyclic) bond motifs is 1. The van der Waals surface area contributed by atoms with Crippen LogP contribution < -0.4 is 4.74 Å². The smallest absolute Gasteiger partial charge is 0.345 e. The molecule has 3 aromatic rings. The fraction of sp³-hybridized carbons (Fsp3) is 0. The summed E-state index contributed by atoms with van der Waals surface area (Å²) in [5.41, 5.74) is 0.286. The van der Waals surface area contributed by atoms with Gasteiger partial charge in [-0.25, -0.2) is 4.79 Å². The first-order valence-corrected chi connectivity index (χ1v) is 7.06. The molecule has 0 unspecified atom stereocenters. The summed E-state index contributed by atoms with van der Waals surface area (Å²) >= 11 is 11.8. The van der Waals surface area contributed by atoms with Gasteiger partial charge in [-0.15, -0.1) is 0 Å². The van der Waals surface area contributed by atoms with Gasteiger partial charge in [-0.3, -0.25) is 0 Å². The number of rotatable bonds is 2. The largest absolute Gasteiger partial charge is 0.422 e. The molecule has 4 heteroatoms. The van der Waals surface area contributed by atoms with Crippen LogP contribution in [0.1, 0.15) is 10.4 Å². The maximum absolute atomic E-state index is 12.2. The maximum Gasteiger partial charge on any atom is 0.345 e. The molecule has 0 aliphatic rings. The lowest BCUT2D eigenvalue weighted by molar-refractivity contribution is 0.0737. The highest BCUT2D eigenvalue weighted by molar-refractivity contribution is 6.36. The molecular weight excluding hydrogens is 307 g/mol. The van der Waals surface area contributed by atoms with Crippen LogP contribution in [0.5, 0.6) is 5.75 Å². The van der Waals surface area contributed by atoms with Crippen LogP contribution in [0.25, 0.3) is 10.8 Å². The van der Waals surface area contributed by atoms with Crippen LogP contribution in [0, 0.1) is 0 Å². The number of carbonyl (C=O) groups is 1. The Morgan fingerprint density at radius 1 is 0.905 bits per heavy atom. The molecule has 0 aliphatic carbocycles. The Hall–Kier alpha value is -2.03. The van der Waals surface area contributed by atoms with Gasteiger partial charge in [0.25, 0.3) is 0 Å². The SMILES string of the molecule is O=C(Oc1cccc2ccccc12)c1ccc(Cl)cc1Cl. The third-order valence-corrected chi connectivity index (χ3v) is 3.65. The quantitative estimate of drug-likeness (QED) is 0.469. The number of ether oxygens (including phenoxy) is 1. The second kappa shape index (κ2) is 5.76. The molecular formula is C17H10Cl2O2. The van der Waals surface area contributed by atoms with Crippen LogP contribution >= 0.6 is 23.2 Å². The van der Waals surface area contributed by atoms with Gasteiger partial charge in [0.1, 0.15) is 5.75 Å². The second-order valence-electron chi connectivity index (χ2n) is 4.49. The molecule has 104 valence electrons. The van der Waals surface area contributed by atoms with Crippen molar-refractivity contribution in [2.75, 3.05) is 0 Å². The summed E-state index contributed by atoms with van der Waals surface area (Å²) in [7, 11) is 0. The Morgan fingerprint density at radius 3 is 2.48 bits per heavy atom. The van der Waals surface area contributed by atoms with Crippen molar-refractivity contribution in [3.63, 3.8) is 0 Å². The van der Waals surface area contributed by atoms with E-state index in [2.05, 4.69) is 0 Å². The molecule has 0 amide bonds. The molecule has 21 heavy (non-hydrogen) atoms. The summed E-state index contributed by atoms with van der Waals surface area (Å²) in [5, 5.41) is 2.62. The van der Waals surface area contributed by atoms with E-state index >= 15 is 0 Å². The van der Waals surface area contributed by atoms with E-state index in [1.807, 2.05) is 36.4 Å². The molecule has 0 fully saturated rings. The lowest BCUT2D eigenvalue weighted by atomic mass is 10.1. The van der Waals surface area contributed by atoms with Gasteiger partial charge in [-0.2, -0.15) is 0 Å². The van der Waals surface area contributed by atoms with Crippen LogP contribution in [0.4, 0.5) is 0 Å². The van der Waals surface area contributed by atoms with Gasteiger partial charge in [-0.1, -0.05) is 59.6 Å². The number of benzene rings is 3. The summed E-state index contributed by atoms with van der Waals surface area (Å²) in [6.45, 7) is 0. The monoisotopic (exact) mass is 316 g/mol. The van der Waals surface area contributed by atoms with Gasteiger partial charge in [0, 0.05) is 10.4 Å². The highest BCUT2D eigenvalue weighted by Crippen LogP contribution is 2.27. The number of carbonyl (C=O) groups excluding carboxylic acids is 1. The predicted molar refractivity (Wildman–Crippen MR) is 85.4 cm³/mol. The van der Waals surface area contributed by atoms with Crippen molar-refractivity contribution in [2.24, 2.45) is 0 Å².